The molecule has 0 aliphatic carbocycles. The summed E-state index contributed by atoms with van der Waals surface area (Å²) in [6, 6.07) is 8.52. The van der Waals surface area contributed by atoms with E-state index in [2.05, 4.69) is 9.97 Å². The Morgan fingerprint density at radius 3 is 2.76 bits per heavy atom. The fourth-order valence-corrected chi connectivity index (χ4v) is 2.54. The van der Waals surface area contributed by atoms with Crippen LogP contribution in [-0.2, 0) is 6.54 Å². The molecule has 0 saturated carbocycles. The summed E-state index contributed by atoms with van der Waals surface area (Å²) in [6.07, 6.45) is 2.02. The molecule has 0 unspecified atom stereocenters. The van der Waals surface area contributed by atoms with Crippen LogP contribution in [0.3, 0.4) is 0 Å². The highest BCUT2D eigenvalue weighted by atomic mass is 16.5. The number of hydrogen-bond acceptors (Lipinski definition) is 5. The zero-order valence-electron chi connectivity index (χ0n) is 13.9. The Kier molecular flexibility index (Phi) is 4.47. The molecular weight excluding hydrogens is 322 g/mol. The number of aromatic amines is 1. The first-order valence-corrected chi connectivity index (χ1v) is 7.92. The van der Waals surface area contributed by atoms with E-state index in [0.717, 1.165) is 5.56 Å². The molecule has 2 aromatic heterocycles. The maximum atomic E-state index is 12.4. The van der Waals surface area contributed by atoms with Crippen LogP contribution in [0.25, 0.3) is 11.0 Å². The Balaban J connectivity index is 2.04. The summed E-state index contributed by atoms with van der Waals surface area (Å²) in [5.74, 6) is -0.172. The number of aromatic nitrogens is 3. The molecule has 1 N–H and O–H groups in total. The zero-order valence-corrected chi connectivity index (χ0v) is 13.9. The van der Waals surface area contributed by atoms with Gasteiger partial charge in [0, 0.05) is 12.7 Å². The van der Waals surface area contributed by atoms with Gasteiger partial charge in [0.05, 0.1) is 10.9 Å². The highest BCUT2D eigenvalue weighted by molar-refractivity contribution is 5.94. The van der Waals surface area contributed by atoms with Crippen LogP contribution in [0.4, 0.5) is 0 Å². The molecule has 0 fully saturated rings. The Morgan fingerprint density at radius 2 is 2.04 bits per heavy atom. The maximum Gasteiger partial charge on any atom is 0.345 e. The van der Waals surface area contributed by atoms with Gasteiger partial charge in [-0.25, -0.2) is 14.6 Å². The molecule has 2 heterocycles. The van der Waals surface area contributed by atoms with Gasteiger partial charge in [0.1, 0.15) is 11.4 Å². The van der Waals surface area contributed by atoms with Crippen LogP contribution in [0.2, 0.25) is 0 Å². The summed E-state index contributed by atoms with van der Waals surface area (Å²) in [4.78, 5) is 42.8. The number of pyridine rings is 1. The number of H-pyrrole nitrogens is 1. The molecule has 0 spiro atoms. The summed E-state index contributed by atoms with van der Waals surface area (Å²) in [5.41, 5.74) is 0.123. The second-order valence-electron chi connectivity index (χ2n) is 5.66. The van der Waals surface area contributed by atoms with Crippen molar-refractivity contribution < 1.29 is 9.53 Å². The lowest BCUT2D eigenvalue weighted by atomic mass is 10.2. The number of fused-ring (bicyclic) bond motifs is 1. The third-order valence-electron chi connectivity index (χ3n) is 3.81. The average Bonchev–Trinajstić information content (AvgIpc) is 2.60. The number of esters is 1. The van der Waals surface area contributed by atoms with Crippen molar-refractivity contribution in [3.05, 3.63) is 68.5 Å². The van der Waals surface area contributed by atoms with E-state index < -0.39 is 17.2 Å². The third kappa shape index (κ3) is 3.21. The molecule has 0 aliphatic rings. The van der Waals surface area contributed by atoms with E-state index in [0.29, 0.717) is 18.7 Å². The molecule has 0 aliphatic heterocycles. The van der Waals surface area contributed by atoms with Gasteiger partial charge in [-0.15, -0.1) is 0 Å². The zero-order chi connectivity index (χ0) is 18.0. The fraction of sp³-hybridized carbons (Fsp3) is 0.222. The molecule has 7 nitrogen and oxygen atoms in total. The first-order chi connectivity index (χ1) is 12.0. The van der Waals surface area contributed by atoms with Gasteiger partial charge in [-0.3, -0.25) is 14.3 Å². The molecule has 0 saturated heterocycles. The van der Waals surface area contributed by atoms with E-state index in [1.54, 1.807) is 12.1 Å². The first-order valence-electron chi connectivity index (χ1n) is 7.92. The predicted molar refractivity (Wildman–Crippen MR) is 93.1 cm³/mol. The standard InChI is InChI=1S/C18H17N3O4/c1-3-8-21-15-13(16(22)20-18(21)24)9-12(10-19-15)17(23)25-14-7-5-4-6-11(14)2/h4-7,9-10H,3,8H2,1-2H3,(H,20,22,24). The van der Waals surface area contributed by atoms with Crippen molar-refractivity contribution in [3.8, 4) is 5.75 Å². The van der Waals surface area contributed by atoms with Crippen LogP contribution in [-0.4, -0.2) is 20.5 Å². The summed E-state index contributed by atoms with van der Waals surface area (Å²) in [6.45, 7) is 4.17. The minimum absolute atomic E-state index is 0.142. The summed E-state index contributed by atoms with van der Waals surface area (Å²) < 4.78 is 6.74. The largest absolute Gasteiger partial charge is 0.423 e. The monoisotopic (exact) mass is 339 g/mol. The van der Waals surface area contributed by atoms with Crippen molar-refractivity contribution >= 4 is 17.0 Å². The van der Waals surface area contributed by atoms with Crippen LogP contribution in [0, 0.1) is 6.92 Å². The lowest BCUT2D eigenvalue weighted by Gasteiger charge is -2.09. The van der Waals surface area contributed by atoms with Crippen LogP contribution < -0.4 is 16.0 Å². The van der Waals surface area contributed by atoms with Gasteiger partial charge >= 0.3 is 11.7 Å². The van der Waals surface area contributed by atoms with Crippen molar-refractivity contribution in [2.45, 2.75) is 26.8 Å². The molecule has 0 radical (unpaired) electrons. The van der Waals surface area contributed by atoms with Gasteiger partial charge in [-0.2, -0.15) is 0 Å². The second kappa shape index (κ2) is 6.72. The Hall–Kier alpha value is -3.22. The number of benzene rings is 1. The minimum atomic E-state index is -0.614. The van der Waals surface area contributed by atoms with Gasteiger partial charge in [0.25, 0.3) is 5.56 Å². The molecule has 1 aromatic carbocycles. The van der Waals surface area contributed by atoms with Crippen LogP contribution >= 0.6 is 0 Å². The molecule has 0 bridgehead atoms. The summed E-state index contributed by atoms with van der Waals surface area (Å²) >= 11 is 0. The molecule has 3 aromatic rings. The molecule has 7 heteroatoms. The number of carbonyl (C=O) groups excluding carboxylic acids is 1. The fourth-order valence-electron chi connectivity index (χ4n) is 2.54. The predicted octanol–water partition coefficient (Wildman–Crippen LogP) is 2.02. The minimum Gasteiger partial charge on any atom is -0.423 e. The van der Waals surface area contributed by atoms with Crippen molar-refractivity contribution in [2.24, 2.45) is 0 Å². The number of para-hydroxylation sites is 1. The number of rotatable bonds is 4. The molecular formula is C18H17N3O4. The number of carbonyl (C=O) groups is 1. The first kappa shape index (κ1) is 16.6. The van der Waals surface area contributed by atoms with Gasteiger partial charge in [-0.05, 0) is 31.0 Å². The molecule has 0 amide bonds. The number of ether oxygens (including phenoxy) is 1. The number of nitrogens with one attached hydrogen (secondary N) is 1. The van der Waals surface area contributed by atoms with Gasteiger partial charge in [-0.1, -0.05) is 25.1 Å². The topological polar surface area (TPSA) is 94.1 Å². The normalized spacial score (nSPS) is 10.8. The van der Waals surface area contributed by atoms with Gasteiger partial charge < -0.3 is 4.74 Å². The van der Waals surface area contributed by atoms with Crippen LogP contribution in [0.5, 0.6) is 5.75 Å². The van der Waals surface area contributed by atoms with E-state index in [-0.39, 0.29) is 16.6 Å². The van der Waals surface area contributed by atoms with Crippen LogP contribution in [0.1, 0.15) is 29.3 Å². The van der Waals surface area contributed by atoms with Gasteiger partial charge in [0.15, 0.2) is 0 Å². The lowest BCUT2D eigenvalue weighted by molar-refractivity contribution is 0.0733. The summed E-state index contributed by atoms with van der Waals surface area (Å²) in [7, 11) is 0. The van der Waals surface area contributed by atoms with E-state index in [1.807, 2.05) is 26.0 Å². The smallest absolute Gasteiger partial charge is 0.345 e. The van der Waals surface area contributed by atoms with E-state index >= 15 is 0 Å². The Morgan fingerprint density at radius 1 is 1.28 bits per heavy atom. The highest BCUT2D eigenvalue weighted by Crippen LogP contribution is 2.18. The maximum absolute atomic E-state index is 12.4. The third-order valence-corrected chi connectivity index (χ3v) is 3.81. The Bertz CT molecular complexity index is 1070. The quantitative estimate of drug-likeness (QED) is 0.580. The molecule has 128 valence electrons. The highest BCUT2D eigenvalue weighted by Gasteiger charge is 2.15. The molecule has 0 atom stereocenters. The molecule has 25 heavy (non-hydrogen) atoms. The average molecular weight is 339 g/mol. The van der Waals surface area contributed by atoms with Crippen molar-refractivity contribution in [2.75, 3.05) is 0 Å². The van der Waals surface area contributed by atoms with E-state index in [9.17, 15) is 14.4 Å². The number of hydrogen-bond donors (Lipinski definition) is 1. The van der Waals surface area contributed by atoms with E-state index in [1.165, 1.54) is 16.8 Å². The van der Waals surface area contributed by atoms with Gasteiger partial charge in [0.2, 0.25) is 0 Å². The van der Waals surface area contributed by atoms with E-state index in [4.69, 9.17) is 4.74 Å². The van der Waals surface area contributed by atoms with Crippen molar-refractivity contribution in [1.82, 2.24) is 14.5 Å². The summed E-state index contributed by atoms with van der Waals surface area (Å²) in [5, 5.41) is 0.173. The number of aryl methyl sites for hydroxylation is 2. The molecule has 3 rings (SSSR count). The SMILES string of the molecule is CCCn1c(=O)[nH]c(=O)c2cc(C(=O)Oc3ccccc3C)cnc21. The van der Waals surface area contributed by atoms with Crippen LogP contribution in [0.15, 0.2) is 46.1 Å². The second-order valence-corrected chi connectivity index (χ2v) is 5.66. The Labute approximate surface area is 142 Å². The lowest BCUT2D eigenvalue weighted by Crippen LogP contribution is -2.31. The van der Waals surface area contributed by atoms with Crippen molar-refractivity contribution in [1.29, 1.82) is 0 Å². The van der Waals surface area contributed by atoms with Crippen molar-refractivity contribution in [3.63, 3.8) is 0 Å². The number of nitrogens with zero attached hydrogens (tertiary/aromatic N) is 2.